The Morgan fingerprint density at radius 2 is 2.19 bits per heavy atom. The number of rotatable bonds is 7. The first-order valence-electron chi connectivity index (χ1n) is 8.91. The third-order valence-corrected chi connectivity index (χ3v) is 5.75. The van der Waals surface area contributed by atoms with Gasteiger partial charge in [-0.15, -0.1) is 11.8 Å². The number of nitrogens with two attached hydrogens (primary N) is 1. The van der Waals surface area contributed by atoms with Crippen LogP contribution in [0.5, 0.6) is 0 Å². The number of carbonyl (C=O) groups excluding carboxylic acids is 3. The molecule has 1 aromatic heterocycles. The highest BCUT2D eigenvalue weighted by Crippen LogP contribution is 2.40. The predicted octanol–water partition coefficient (Wildman–Crippen LogP) is -0.684. The number of nitrogen functional groups attached to an aromatic ring is 1. The van der Waals surface area contributed by atoms with Gasteiger partial charge in [0.15, 0.2) is 5.71 Å². The largest absolute Gasteiger partial charge is 0.477 e. The summed E-state index contributed by atoms with van der Waals surface area (Å²) in [7, 11) is 1.25. The number of oxime groups is 1. The van der Waals surface area contributed by atoms with E-state index in [0.717, 1.165) is 4.90 Å². The van der Waals surface area contributed by atoms with Gasteiger partial charge in [-0.05, 0) is 12.1 Å². The molecule has 3 rings (SSSR count). The van der Waals surface area contributed by atoms with Crippen LogP contribution < -0.4 is 11.1 Å². The van der Waals surface area contributed by atoms with E-state index in [2.05, 4.69) is 15.5 Å². The number of amides is 2. The van der Waals surface area contributed by atoms with Gasteiger partial charge in [0.2, 0.25) is 0 Å². The highest BCUT2D eigenvalue weighted by Gasteiger charge is 2.54. The van der Waals surface area contributed by atoms with Gasteiger partial charge in [0, 0.05) is 30.1 Å². The molecular weight excluding hydrogens is 430 g/mol. The molecule has 2 aliphatic rings. The van der Waals surface area contributed by atoms with Crippen LogP contribution in [0, 0.1) is 0 Å². The maximum absolute atomic E-state index is 12.8. The van der Waals surface area contributed by atoms with Gasteiger partial charge < -0.3 is 25.7 Å². The topological polar surface area (TPSA) is 174 Å². The molecule has 1 saturated heterocycles. The number of nitrogens with one attached hydrogen (secondary N) is 1. The molecule has 0 unspecified atom stereocenters. The van der Waals surface area contributed by atoms with Crippen LogP contribution in [0.4, 0.5) is 5.69 Å². The van der Waals surface area contributed by atoms with Crippen molar-refractivity contribution in [1.82, 2.24) is 15.2 Å². The zero-order valence-corrected chi connectivity index (χ0v) is 17.3. The molecule has 3 heterocycles. The van der Waals surface area contributed by atoms with Gasteiger partial charge >= 0.3 is 11.9 Å². The Balaban J connectivity index is 1.79. The molecule has 1 fully saturated rings. The average molecular weight is 449 g/mol. The monoisotopic (exact) mass is 449 g/mol. The highest BCUT2D eigenvalue weighted by molar-refractivity contribution is 8.00. The van der Waals surface area contributed by atoms with Gasteiger partial charge in [0.25, 0.3) is 11.8 Å². The van der Waals surface area contributed by atoms with E-state index < -0.39 is 35.2 Å². The SMILES string of the molecule is CON=C(C(=O)N[C@@H]1C(=O)N2C(C(=O)O)=C(COC(C)=O)CS[C@H]12)c1cc(N)ccn1. The van der Waals surface area contributed by atoms with Crippen molar-refractivity contribution in [1.29, 1.82) is 0 Å². The maximum atomic E-state index is 12.8. The van der Waals surface area contributed by atoms with Crippen molar-refractivity contribution in [3.8, 4) is 0 Å². The van der Waals surface area contributed by atoms with Crippen molar-refractivity contribution in [2.24, 2.45) is 5.16 Å². The van der Waals surface area contributed by atoms with Crippen LogP contribution in [0.1, 0.15) is 12.6 Å². The van der Waals surface area contributed by atoms with Crippen LogP contribution >= 0.6 is 11.8 Å². The first-order chi connectivity index (χ1) is 14.7. The van der Waals surface area contributed by atoms with Crippen molar-refractivity contribution in [2.75, 3.05) is 25.2 Å². The number of hydrogen-bond donors (Lipinski definition) is 3. The summed E-state index contributed by atoms with van der Waals surface area (Å²) in [6.07, 6.45) is 1.39. The number of fused-ring (bicyclic) bond motifs is 1. The minimum Gasteiger partial charge on any atom is -0.477 e. The van der Waals surface area contributed by atoms with Crippen molar-refractivity contribution < 1.29 is 33.9 Å². The van der Waals surface area contributed by atoms with Gasteiger partial charge in [-0.2, -0.15) is 0 Å². The van der Waals surface area contributed by atoms with Gasteiger partial charge in [-0.25, -0.2) is 4.79 Å². The van der Waals surface area contributed by atoms with Crippen molar-refractivity contribution in [2.45, 2.75) is 18.3 Å². The molecular formula is C18H19N5O7S. The summed E-state index contributed by atoms with van der Waals surface area (Å²) >= 11 is 1.24. The summed E-state index contributed by atoms with van der Waals surface area (Å²) in [5.41, 5.74) is 6.08. The number of thioether (sulfide) groups is 1. The number of aromatic nitrogens is 1. The van der Waals surface area contributed by atoms with Crippen LogP contribution in [-0.2, 0) is 28.8 Å². The lowest BCUT2D eigenvalue weighted by Gasteiger charge is -2.49. The number of aliphatic carboxylic acids is 1. The van der Waals surface area contributed by atoms with E-state index in [4.69, 9.17) is 15.3 Å². The zero-order valence-electron chi connectivity index (χ0n) is 16.5. The molecule has 0 bridgehead atoms. The van der Waals surface area contributed by atoms with E-state index in [1.54, 1.807) is 0 Å². The summed E-state index contributed by atoms with van der Waals surface area (Å²) in [6, 6.07) is 1.98. The normalized spacial score (nSPS) is 20.5. The van der Waals surface area contributed by atoms with E-state index in [0.29, 0.717) is 11.3 Å². The number of esters is 1. The number of anilines is 1. The third-order valence-electron chi connectivity index (χ3n) is 4.41. The Bertz CT molecular complexity index is 1010. The summed E-state index contributed by atoms with van der Waals surface area (Å²) in [5.74, 6) is -3.02. The van der Waals surface area contributed by atoms with E-state index in [1.807, 2.05) is 0 Å². The summed E-state index contributed by atoms with van der Waals surface area (Å²) in [5, 5.41) is 15.2. The fourth-order valence-corrected chi connectivity index (χ4v) is 4.39. The van der Waals surface area contributed by atoms with Crippen LogP contribution in [-0.4, -0.2) is 75.3 Å². The Kier molecular flexibility index (Phi) is 6.44. The van der Waals surface area contributed by atoms with Gasteiger partial charge in [0.05, 0.1) is 5.69 Å². The molecule has 4 N–H and O–H groups in total. The lowest BCUT2D eigenvalue weighted by atomic mass is 10.0. The average Bonchev–Trinajstić information content (AvgIpc) is 2.73. The van der Waals surface area contributed by atoms with Crippen LogP contribution in [0.3, 0.4) is 0 Å². The Morgan fingerprint density at radius 3 is 2.81 bits per heavy atom. The lowest BCUT2D eigenvalue weighted by molar-refractivity contribution is -0.150. The second-order valence-corrected chi connectivity index (χ2v) is 7.60. The van der Waals surface area contributed by atoms with Gasteiger partial charge in [0.1, 0.15) is 30.8 Å². The minimum absolute atomic E-state index is 0.147. The summed E-state index contributed by atoms with van der Waals surface area (Å²) in [4.78, 5) is 58.1. The van der Waals surface area contributed by atoms with Gasteiger partial charge in [-0.1, -0.05) is 5.16 Å². The predicted molar refractivity (Wildman–Crippen MR) is 109 cm³/mol. The van der Waals surface area contributed by atoms with Crippen molar-refractivity contribution in [3.05, 3.63) is 35.3 Å². The number of carboxylic acids is 1. The molecule has 1 aromatic rings. The molecule has 2 aliphatic heterocycles. The first-order valence-corrected chi connectivity index (χ1v) is 9.96. The Labute approximate surface area is 180 Å². The molecule has 13 heteroatoms. The molecule has 12 nitrogen and oxygen atoms in total. The zero-order chi connectivity index (χ0) is 22.7. The lowest BCUT2D eigenvalue weighted by Crippen LogP contribution is -2.71. The van der Waals surface area contributed by atoms with E-state index >= 15 is 0 Å². The fourth-order valence-electron chi connectivity index (χ4n) is 3.06. The second kappa shape index (κ2) is 9.04. The van der Waals surface area contributed by atoms with E-state index in [9.17, 15) is 24.3 Å². The Morgan fingerprint density at radius 1 is 1.45 bits per heavy atom. The summed E-state index contributed by atoms with van der Waals surface area (Å²) in [6.45, 7) is 0.970. The molecule has 0 aromatic carbocycles. The fraction of sp³-hybridized carbons (Fsp3) is 0.333. The van der Waals surface area contributed by atoms with Gasteiger partial charge in [-0.3, -0.25) is 24.3 Å². The summed E-state index contributed by atoms with van der Waals surface area (Å²) < 4.78 is 4.89. The van der Waals surface area contributed by atoms with Crippen LogP contribution in [0.2, 0.25) is 0 Å². The molecule has 0 saturated carbocycles. The molecule has 0 spiro atoms. The number of ether oxygens (including phenoxy) is 1. The molecule has 31 heavy (non-hydrogen) atoms. The molecule has 2 atom stereocenters. The molecule has 0 aliphatic carbocycles. The number of pyridine rings is 1. The number of carboxylic acid groups (broad SMARTS) is 1. The maximum Gasteiger partial charge on any atom is 0.352 e. The third kappa shape index (κ3) is 4.45. The van der Waals surface area contributed by atoms with Crippen LogP contribution in [0.25, 0.3) is 0 Å². The van der Waals surface area contributed by atoms with Crippen molar-refractivity contribution >= 4 is 46.9 Å². The number of hydrogen-bond acceptors (Lipinski definition) is 10. The molecule has 0 radical (unpaired) electrons. The number of nitrogens with zero attached hydrogens (tertiary/aromatic N) is 3. The molecule has 2 amide bonds. The second-order valence-electron chi connectivity index (χ2n) is 6.50. The smallest absolute Gasteiger partial charge is 0.352 e. The van der Waals surface area contributed by atoms with E-state index in [1.165, 1.54) is 44.1 Å². The van der Waals surface area contributed by atoms with Crippen molar-refractivity contribution in [3.63, 3.8) is 0 Å². The van der Waals surface area contributed by atoms with Crippen LogP contribution in [0.15, 0.2) is 34.8 Å². The highest BCUT2D eigenvalue weighted by atomic mass is 32.2. The number of carbonyl (C=O) groups is 4. The standard InChI is InChI=1S/C18H19N5O7S/c1-8(24)30-6-9-7-31-17-13(16(26)23(17)14(9)18(27)28)21-15(25)12(22-29-2)11-5-10(19)3-4-20-11/h3-5,13,17H,6-7H2,1-2H3,(H2,19,20)(H,21,25)(H,27,28)/t13-,17-/m1/s1. The molecule has 164 valence electrons. The Hall–Kier alpha value is -3.61. The first kappa shape index (κ1) is 22.1. The number of β-lactam (4-membered cyclic amide) rings is 1. The minimum atomic E-state index is -1.32. The quantitative estimate of drug-likeness (QED) is 0.209. The van der Waals surface area contributed by atoms with E-state index in [-0.39, 0.29) is 29.5 Å².